The van der Waals surface area contributed by atoms with Gasteiger partial charge in [-0.1, -0.05) is 229 Å². The average Bonchev–Trinajstić information content (AvgIpc) is 0.695. The lowest BCUT2D eigenvalue weighted by Crippen LogP contribution is -2.18. The van der Waals surface area contributed by atoms with E-state index in [0.717, 1.165) is 166 Å². The second kappa shape index (κ2) is 25.2. The molecule has 8 nitrogen and oxygen atoms in total. The molecule has 0 aliphatic heterocycles. The fourth-order valence-electron chi connectivity index (χ4n) is 15.7. The molecule has 0 amide bonds. The third-order valence-electron chi connectivity index (χ3n) is 21.4. The standard InChI is InChI=1S/C96H90N8/c1-59-25-29-63-21-17-53-97-85(63)89(59)101(71-41-33-67(34-42-71)93(5,6)7)79-57-80(102(72-43-35-68(36-44-72)94(8,9)10)90-60(2)26-30-64-22-18-54-98-86(64)90)76-51-52-78-82(104(74-47-39-70(40-48-74)96(14,15)16)92-62(4)28-32-66-24-20-56-100-88(66)92)58-81(77-50-49-75(79)83(76)84(77)78)103(73-45-37-69(38-46-73)95(11,12)13)91-61(3)27-31-65-23-19-55-99-87(65)91/h17-58H,1-16H3. The molecular weight excluding hydrogens is 1270 g/mol. The Morgan fingerprint density at radius 2 is 0.433 bits per heavy atom. The first-order chi connectivity index (χ1) is 49.8. The Morgan fingerprint density at radius 3 is 0.625 bits per heavy atom. The third kappa shape index (κ3) is 11.6. The number of pyridine rings is 4. The number of hydrogen-bond acceptors (Lipinski definition) is 8. The lowest BCUT2D eigenvalue weighted by molar-refractivity contribution is 0.590. The minimum Gasteiger partial charge on any atom is -0.307 e. The molecule has 0 N–H and O–H groups in total. The van der Waals surface area contributed by atoms with E-state index in [1.165, 1.54) is 22.3 Å². The maximum Gasteiger partial charge on any atom is 0.0945 e. The molecule has 0 unspecified atom stereocenters. The maximum atomic E-state index is 5.35. The van der Waals surface area contributed by atoms with Gasteiger partial charge in [-0.25, -0.2) is 0 Å². The summed E-state index contributed by atoms with van der Waals surface area (Å²) in [7, 11) is 0. The molecule has 0 fully saturated rings. The van der Waals surface area contributed by atoms with E-state index in [-0.39, 0.29) is 21.7 Å². The van der Waals surface area contributed by atoms with Crippen molar-refractivity contribution in [2.75, 3.05) is 19.6 Å². The zero-order chi connectivity index (χ0) is 72.5. The predicted molar refractivity (Wildman–Crippen MR) is 444 cm³/mol. The Labute approximate surface area is 612 Å². The minimum absolute atomic E-state index is 0.102. The molecule has 4 heterocycles. The Hall–Kier alpha value is -11.5. The zero-order valence-corrected chi connectivity index (χ0v) is 62.8. The van der Waals surface area contributed by atoms with Crippen LogP contribution in [0.4, 0.5) is 68.2 Å². The lowest BCUT2D eigenvalue weighted by atomic mass is 9.86. The normalized spacial score (nSPS) is 12.4. The first-order valence-electron chi connectivity index (χ1n) is 36.6. The van der Waals surface area contributed by atoms with Crippen LogP contribution in [0.3, 0.4) is 0 Å². The second-order valence-electron chi connectivity index (χ2n) is 32.7. The highest BCUT2D eigenvalue weighted by atomic mass is 15.2. The quantitative estimate of drug-likeness (QED) is 0.112. The van der Waals surface area contributed by atoms with E-state index in [0.29, 0.717) is 0 Å². The summed E-state index contributed by atoms with van der Waals surface area (Å²) < 4.78 is 0. The maximum absolute atomic E-state index is 5.35. The smallest absolute Gasteiger partial charge is 0.0945 e. The van der Waals surface area contributed by atoms with Gasteiger partial charge in [-0.05, 0) is 179 Å². The minimum atomic E-state index is -0.102. The summed E-state index contributed by atoms with van der Waals surface area (Å²) in [6.45, 7) is 36.5. The molecule has 104 heavy (non-hydrogen) atoms. The van der Waals surface area contributed by atoms with Gasteiger partial charge >= 0.3 is 0 Å². The van der Waals surface area contributed by atoms with Crippen molar-refractivity contribution in [1.29, 1.82) is 0 Å². The average molecular weight is 1360 g/mol. The highest BCUT2D eigenvalue weighted by Gasteiger charge is 2.34. The monoisotopic (exact) mass is 1350 g/mol. The Kier molecular flexibility index (Phi) is 16.2. The largest absolute Gasteiger partial charge is 0.307 e. The number of nitrogens with zero attached hydrogens (tertiary/aromatic N) is 8. The molecule has 514 valence electrons. The van der Waals surface area contributed by atoms with E-state index in [9.17, 15) is 0 Å². The van der Waals surface area contributed by atoms with Gasteiger partial charge in [0.05, 0.1) is 67.6 Å². The number of fused-ring (bicyclic) bond motifs is 4. The van der Waals surface area contributed by atoms with Gasteiger partial charge in [0.1, 0.15) is 0 Å². The van der Waals surface area contributed by atoms with Crippen LogP contribution in [0.15, 0.2) is 255 Å². The van der Waals surface area contributed by atoms with Gasteiger partial charge in [-0.15, -0.1) is 0 Å². The highest BCUT2D eigenvalue weighted by molar-refractivity contribution is 6.33. The molecule has 0 spiro atoms. The van der Waals surface area contributed by atoms with Gasteiger partial charge in [-0.2, -0.15) is 0 Å². The van der Waals surface area contributed by atoms with Crippen molar-refractivity contribution in [3.8, 4) is 0 Å². The van der Waals surface area contributed by atoms with Gasteiger partial charge in [0.25, 0.3) is 0 Å². The fraction of sp³-hybridized carbons (Fsp3) is 0.208. The molecular formula is C96H90N8. The third-order valence-corrected chi connectivity index (χ3v) is 21.4. The number of benzene rings is 12. The number of anilines is 12. The van der Waals surface area contributed by atoms with E-state index >= 15 is 0 Å². The first-order valence-corrected chi connectivity index (χ1v) is 36.6. The van der Waals surface area contributed by atoms with E-state index in [1.807, 2.05) is 49.1 Å². The van der Waals surface area contributed by atoms with Crippen LogP contribution in [-0.4, -0.2) is 19.9 Å². The molecule has 0 atom stereocenters. The van der Waals surface area contributed by atoms with Crippen molar-refractivity contribution in [2.45, 2.75) is 132 Å². The van der Waals surface area contributed by atoms with Crippen LogP contribution < -0.4 is 19.6 Å². The van der Waals surface area contributed by atoms with Crippen LogP contribution >= 0.6 is 0 Å². The van der Waals surface area contributed by atoms with Gasteiger partial charge < -0.3 is 19.6 Å². The van der Waals surface area contributed by atoms with E-state index in [1.54, 1.807) is 0 Å². The summed E-state index contributed by atoms with van der Waals surface area (Å²) in [5.41, 5.74) is 24.6. The van der Waals surface area contributed by atoms with E-state index < -0.39 is 0 Å². The van der Waals surface area contributed by atoms with Gasteiger partial charge in [0.2, 0.25) is 0 Å². The molecule has 0 aliphatic carbocycles. The molecule has 8 heteroatoms. The van der Waals surface area contributed by atoms with Crippen molar-refractivity contribution in [2.24, 2.45) is 0 Å². The van der Waals surface area contributed by atoms with Crippen LogP contribution in [0.2, 0.25) is 0 Å². The number of aromatic nitrogens is 4. The SMILES string of the molecule is Cc1ccc2cccnc2c1N(c1ccc(C(C)(C)C)cc1)c1cc(N(c2ccc(C(C)(C)C)cc2)c2c(C)ccc3cccnc23)c2ccc3c(N(c4ccc(C(C)(C)C)cc4)c4c(C)ccc5cccnc45)cc(N(c4ccc(C(C)(C)C)cc4)c4c(C)ccc5cccnc45)c4ccc1c2c43. The summed E-state index contributed by atoms with van der Waals surface area (Å²) >= 11 is 0. The predicted octanol–water partition coefficient (Wildman–Crippen LogP) is 27.1. The van der Waals surface area contributed by atoms with Crippen LogP contribution in [-0.2, 0) is 21.7 Å². The zero-order valence-electron chi connectivity index (χ0n) is 62.8. The van der Waals surface area contributed by atoms with Crippen molar-refractivity contribution in [3.63, 3.8) is 0 Å². The van der Waals surface area contributed by atoms with Crippen molar-refractivity contribution in [3.05, 3.63) is 300 Å². The first kappa shape index (κ1) is 67.0. The van der Waals surface area contributed by atoms with Crippen LogP contribution in [0.5, 0.6) is 0 Å². The van der Waals surface area contributed by atoms with Crippen LogP contribution in [0.1, 0.15) is 128 Å². The number of aryl methyl sites for hydroxylation is 4. The summed E-state index contributed by atoms with van der Waals surface area (Å²) in [5.74, 6) is 0. The Morgan fingerprint density at radius 1 is 0.231 bits per heavy atom. The summed E-state index contributed by atoms with van der Waals surface area (Å²) in [6, 6.07) is 86.6. The van der Waals surface area contributed by atoms with Gasteiger partial charge in [0, 0.05) is 101 Å². The van der Waals surface area contributed by atoms with Gasteiger partial charge in [-0.3, -0.25) is 19.9 Å². The fourth-order valence-corrected chi connectivity index (χ4v) is 15.7. The topological polar surface area (TPSA) is 64.5 Å². The Balaban J connectivity index is 1.15. The molecule has 0 radical (unpaired) electrons. The van der Waals surface area contributed by atoms with Crippen molar-refractivity contribution >= 4 is 144 Å². The molecule has 0 aliphatic rings. The van der Waals surface area contributed by atoms with Crippen LogP contribution in [0, 0.1) is 27.7 Å². The number of rotatable bonds is 12. The lowest BCUT2D eigenvalue weighted by Gasteiger charge is -2.36. The van der Waals surface area contributed by atoms with Crippen LogP contribution in [0.25, 0.3) is 75.9 Å². The van der Waals surface area contributed by atoms with E-state index in [4.69, 9.17) is 19.9 Å². The molecule has 16 aromatic rings. The summed E-state index contributed by atoms with van der Waals surface area (Å²) in [4.78, 5) is 31.5. The summed E-state index contributed by atoms with van der Waals surface area (Å²) in [6.07, 6.45) is 7.76. The molecule has 0 saturated carbocycles. The molecule has 4 aromatic heterocycles. The Bertz CT molecular complexity index is 5270. The summed E-state index contributed by atoms with van der Waals surface area (Å²) in [5, 5.41) is 10.7. The van der Waals surface area contributed by atoms with Crippen molar-refractivity contribution in [1.82, 2.24) is 19.9 Å². The molecule has 16 rings (SSSR count). The number of hydrogen-bond donors (Lipinski definition) is 0. The van der Waals surface area contributed by atoms with Gasteiger partial charge in [0.15, 0.2) is 0 Å². The molecule has 0 bridgehead atoms. The second-order valence-corrected chi connectivity index (χ2v) is 32.7. The highest BCUT2D eigenvalue weighted by Crippen LogP contribution is 2.58. The molecule has 12 aromatic carbocycles. The molecule has 0 saturated heterocycles. The van der Waals surface area contributed by atoms with E-state index in [2.05, 4.69) is 337 Å². The van der Waals surface area contributed by atoms with Crippen molar-refractivity contribution < 1.29 is 0 Å².